The maximum Gasteiger partial charge on any atom is 0.265 e. The van der Waals surface area contributed by atoms with Crippen LogP contribution in [0.4, 0.5) is 5.69 Å². The van der Waals surface area contributed by atoms with Gasteiger partial charge in [-0.25, -0.2) is 13.4 Å². The number of ether oxygens (including phenoxy) is 2. The molecule has 0 aliphatic heterocycles. The quantitative estimate of drug-likeness (QED) is 0.771. The van der Waals surface area contributed by atoms with Gasteiger partial charge in [-0.15, -0.1) is 0 Å². The number of hydrogen-bond acceptors (Lipinski definition) is 6. The summed E-state index contributed by atoms with van der Waals surface area (Å²) < 4.78 is 43.0. The summed E-state index contributed by atoms with van der Waals surface area (Å²) in [5.41, 5.74) is 1.52. The fourth-order valence-electron chi connectivity index (χ4n) is 2.13. The fraction of sp³-hybridized carbons (Fsp3) is 0.133. The van der Waals surface area contributed by atoms with Gasteiger partial charge in [-0.3, -0.25) is 4.72 Å². The van der Waals surface area contributed by atoms with Crippen LogP contribution in [0.25, 0.3) is 11.1 Å². The van der Waals surface area contributed by atoms with Crippen molar-refractivity contribution in [3.05, 3.63) is 42.8 Å². The number of aromatic nitrogens is 1. The maximum absolute atomic E-state index is 12.6. The van der Waals surface area contributed by atoms with Crippen LogP contribution >= 0.6 is 0 Å². The second kappa shape index (κ2) is 5.81. The van der Waals surface area contributed by atoms with Gasteiger partial charge in [-0.2, -0.15) is 0 Å². The normalized spacial score (nSPS) is 11.4. The highest BCUT2D eigenvalue weighted by Gasteiger charge is 2.20. The summed E-state index contributed by atoms with van der Waals surface area (Å²) in [5, 5.41) is 0. The first-order chi connectivity index (χ1) is 11.0. The van der Waals surface area contributed by atoms with E-state index < -0.39 is 10.0 Å². The van der Waals surface area contributed by atoms with E-state index in [0.29, 0.717) is 22.5 Å². The molecular formula is C15H14N2O5S. The van der Waals surface area contributed by atoms with Gasteiger partial charge in [-0.05, 0) is 30.3 Å². The molecule has 0 bridgehead atoms. The molecule has 7 nitrogen and oxygen atoms in total. The number of nitrogens with one attached hydrogen (secondary N) is 1. The van der Waals surface area contributed by atoms with Crippen molar-refractivity contribution in [1.29, 1.82) is 0 Å². The van der Waals surface area contributed by atoms with Gasteiger partial charge in [0.05, 0.1) is 19.9 Å². The number of anilines is 1. The number of sulfonamides is 1. The molecule has 1 heterocycles. The molecule has 0 aliphatic carbocycles. The number of hydrogen-bond donors (Lipinski definition) is 1. The maximum atomic E-state index is 12.6. The monoisotopic (exact) mass is 334 g/mol. The fourth-order valence-corrected chi connectivity index (χ4v) is 3.33. The Labute approximate surface area is 132 Å². The Morgan fingerprint density at radius 1 is 1.09 bits per heavy atom. The van der Waals surface area contributed by atoms with Crippen LogP contribution in [0.5, 0.6) is 11.5 Å². The molecule has 0 aliphatic rings. The Bertz CT molecular complexity index is 949. The van der Waals surface area contributed by atoms with Crippen LogP contribution in [0.1, 0.15) is 0 Å². The van der Waals surface area contributed by atoms with E-state index >= 15 is 0 Å². The van der Waals surface area contributed by atoms with Crippen LogP contribution < -0.4 is 14.2 Å². The van der Waals surface area contributed by atoms with Gasteiger partial charge in [0.1, 0.15) is 21.9 Å². The van der Waals surface area contributed by atoms with Crippen molar-refractivity contribution in [2.45, 2.75) is 4.90 Å². The van der Waals surface area contributed by atoms with E-state index in [1.54, 1.807) is 24.3 Å². The van der Waals surface area contributed by atoms with Gasteiger partial charge < -0.3 is 13.9 Å². The molecule has 1 aromatic heterocycles. The lowest BCUT2D eigenvalue weighted by Crippen LogP contribution is -2.14. The van der Waals surface area contributed by atoms with Gasteiger partial charge >= 0.3 is 0 Å². The van der Waals surface area contributed by atoms with Crippen LogP contribution in [0.3, 0.4) is 0 Å². The Kier molecular flexibility index (Phi) is 3.83. The molecule has 0 amide bonds. The Balaban J connectivity index is 1.97. The van der Waals surface area contributed by atoms with Crippen LogP contribution in [-0.4, -0.2) is 27.6 Å². The van der Waals surface area contributed by atoms with Gasteiger partial charge in [-0.1, -0.05) is 0 Å². The largest absolute Gasteiger partial charge is 0.497 e. The molecule has 1 N–H and O–H groups in total. The second-order valence-corrected chi connectivity index (χ2v) is 6.31. The predicted molar refractivity (Wildman–Crippen MR) is 84.4 cm³/mol. The third kappa shape index (κ3) is 2.93. The van der Waals surface area contributed by atoms with Crippen molar-refractivity contribution in [2.24, 2.45) is 0 Å². The van der Waals surface area contributed by atoms with Gasteiger partial charge in [0.2, 0.25) is 0 Å². The van der Waals surface area contributed by atoms with E-state index in [1.165, 1.54) is 32.7 Å². The van der Waals surface area contributed by atoms with Gasteiger partial charge in [0.25, 0.3) is 10.0 Å². The molecule has 0 saturated carbocycles. The molecule has 120 valence electrons. The van der Waals surface area contributed by atoms with Gasteiger partial charge in [0, 0.05) is 6.07 Å². The highest BCUT2D eigenvalue weighted by molar-refractivity contribution is 7.92. The lowest BCUT2D eigenvalue weighted by molar-refractivity contribution is 0.386. The summed E-state index contributed by atoms with van der Waals surface area (Å²) in [7, 11) is -0.929. The van der Waals surface area contributed by atoms with E-state index in [0.717, 1.165) is 0 Å². The zero-order valence-corrected chi connectivity index (χ0v) is 13.3. The topological polar surface area (TPSA) is 90.7 Å². The lowest BCUT2D eigenvalue weighted by Gasteiger charge is -2.12. The first-order valence-electron chi connectivity index (χ1n) is 6.61. The summed E-state index contributed by atoms with van der Waals surface area (Å²) >= 11 is 0. The van der Waals surface area contributed by atoms with Crippen LogP contribution in [0.15, 0.2) is 52.1 Å². The van der Waals surface area contributed by atoms with E-state index in [4.69, 9.17) is 13.9 Å². The molecule has 3 rings (SSSR count). The average molecular weight is 334 g/mol. The molecule has 3 aromatic rings. The molecular weight excluding hydrogens is 320 g/mol. The number of methoxy groups -OCH3 is 2. The van der Waals surface area contributed by atoms with Crippen molar-refractivity contribution in [3.8, 4) is 11.5 Å². The molecule has 0 spiro atoms. The van der Waals surface area contributed by atoms with Crippen LogP contribution in [0.2, 0.25) is 0 Å². The van der Waals surface area contributed by atoms with Crippen LogP contribution in [0, 0.1) is 0 Å². The molecule has 0 radical (unpaired) electrons. The highest BCUT2D eigenvalue weighted by atomic mass is 32.2. The van der Waals surface area contributed by atoms with E-state index in [-0.39, 0.29) is 10.6 Å². The minimum Gasteiger partial charge on any atom is -0.497 e. The van der Waals surface area contributed by atoms with E-state index in [9.17, 15) is 8.42 Å². The number of fused-ring (bicyclic) bond motifs is 1. The predicted octanol–water partition coefficient (Wildman–Crippen LogP) is 2.65. The first-order valence-corrected chi connectivity index (χ1v) is 8.10. The number of nitrogens with zero attached hydrogens (tertiary/aromatic N) is 1. The highest BCUT2D eigenvalue weighted by Crippen LogP contribution is 2.30. The third-order valence-corrected chi connectivity index (χ3v) is 4.66. The third-order valence-electron chi connectivity index (χ3n) is 3.24. The molecule has 0 saturated heterocycles. The minimum atomic E-state index is -3.82. The zero-order valence-electron chi connectivity index (χ0n) is 12.4. The summed E-state index contributed by atoms with van der Waals surface area (Å²) in [6.07, 6.45) is 1.30. The average Bonchev–Trinajstić information content (AvgIpc) is 3.01. The lowest BCUT2D eigenvalue weighted by atomic mass is 10.3. The molecule has 0 atom stereocenters. The smallest absolute Gasteiger partial charge is 0.265 e. The summed E-state index contributed by atoms with van der Waals surface area (Å²) in [6.45, 7) is 0. The van der Waals surface area contributed by atoms with E-state index in [2.05, 4.69) is 9.71 Å². The van der Waals surface area contributed by atoms with Crippen molar-refractivity contribution in [2.75, 3.05) is 18.9 Å². The van der Waals surface area contributed by atoms with Crippen molar-refractivity contribution in [1.82, 2.24) is 4.98 Å². The zero-order chi connectivity index (χ0) is 16.4. The number of oxazole rings is 1. The standard InChI is InChI=1S/C15H14N2O5S/c1-20-11-4-6-15(14(8-11)21-2)23(18,19)17-10-3-5-13-12(7-10)16-9-22-13/h3-9,17H,1-2H3. The van der Waals surface area contributed by atoms with Crippen molar-refractivity contribution >= 4 is 26.8 Å². The molecule has 8 heteroatoms. The van der Waals surface area contributed by atoms with Gasteiger partial charge in [0.15, 0.2) is 12.0 Å². The molecule has 2 aromatic carbocycles. The second-order valence-electron chi connectivity index (χ2n) is 4.66. The minimum absolute atomic E-state index is 0.0149. The Hall–Kier alpha value is -2.74. The number of benzene rings is 2. The summed E-state index contributed by atoms with van der Waals surface area (Å²) in [6, 6.07) is 9.32. The summed E-state index contributed by atoms with van der Waals surface area (Å²) in [4.78, 5) is 4.01. The summed E-state index contributed by atoms with van der Waals surface area (Å²) in [5.74, 6) is 0.698. The SMILES string of the molecule is COc1ccc(S(=O)(=O)Nc2ccc3ocnc3c2)c(OC)c1. The van der Waals surface area contributed by atoms with Crippen molar-refractivity contribution in [3.63, 3.8) is 0 Å². The molecule has 0 fully saturated rings. The van der Waals surface area contributed by atoms with Crippen LogP contribution in [-0.2, 0) is 10.0 Å². The molecule has 23 heavy (non-hydrogen) atoms. The molecule has 0 unspecified atom stereocenters. The first kappa shape index (κ1) is 15.2. The van der Waals surface area contributed by atoms with Crippen molar-refractivity contribution < 1.29 is 22.3 Å². The Morgan fingerprint density at radius 3 is 2.65 bits per heavy atom. The Morgan fingerprint density at radius 2 is 1.91 bits per heavy atom. The van der Waals surface area contributed by atoms with E-state index in [1.807, 2.05) is 0 Å². The number of rotatable bonds is 5.